The van der Waals surface area contributed by atoms with E-state index >= 15 is 0 Å². The Bertz CT molecular complexity index is 555. The molecule has 0 amide bonds. The van der Waals surface area contributed by atoms with Crippen LogP contribution in [0.15, 0.2) is 42.5 Å². The van der Waals surface area contributed by atoms with E-state index in [0.29, 0.717) is 13.0 Å². The molecule has 18 heavy (non-hydrogen) atoms. The molecular weight excluding hydrogens is 224 g/mol. The Labute approximate surface area is 107 Å². The second-order valence-corrected chi connectivity index (χ2v) is 3.81. The summed E-state index contributed by atoms with van der Waals surface area (Å²) >= 11 is 0. The minimum Gasteiger partial charge on any atom is -0.494 e. The predicted octanol–water partition coefficient (Wildman–Crippen LogP) is 3.21. The predicted molar refractivity (Wildman–Crippen MR) is 70.2 cm³/mol. The molecule has 0 aliphatic rings. The van der Waals surface area contributed by atoms with Crippen molar-refractivity contribution in [3.05, 3.63) is 48.2 Å². The molecule has 0 bridgehead atoms. The van der Waals surface area contributed by atoms with Gasteiger partial charge < -0.3 is 4.74 Å². The molecule has 0 N–H and O–H groups in total. The first-order valence-corrected chi connectivity index (χ1v) is 5.89. The maximum atomic E-state index is 8.67. The van der Waals surface area contributed by atoms with E-state index in [4.69, 9.17) is 10.00 Å². The van der Waals surface area contributed by atoms with Crippen molar-refractivity contribution in [2.24, 2.45) is 0 Å². The Morgan fingerprint density at radius 1 is 1.17 bits per heavy atom. The summed E-state index contributed by atoms with van der Waals surface area (Å²) in [6, 6.07) is 15.6. The van der Waals surface area contributed by atoms with E-state index in [1.165, 1.54) is 0 Å². The van der Waals surface area contributed by atoms with Gasteiger partial charge in [0.2, 0.25) is 0 Å². The van der Waals surface area contributed by atoms with Gasteiger partial charge in [0, 0.05) is 5.56 Å². The maximum absolute atomic E-state index is 8.67. The third kappa shape index (κ3) is 2.86. The molecule has 1 heterocycles. The van der Waals surface area contributed by atoms with Crippen LogP contribution in [0.25, 0.3) is 11.3 Å². The molecule has 2 rings (SSSR count). The van der Waals surface area contributed by atoms with Gasteiger partial charge in [-0.3, -0.25) is 4.98 Å². The van der Waals surface area contributed by atoms with E-state index in [2.05, 4.69) is 11.1 Å². The fourth-order valence-corrected chi connectivity index (χ4v) is 1.71. The van der Waals surface area contributed by atoms with Gasteiger partial charge in [0.15, 0.2) is 0 Å². The fourth-order valence-electron chi connectivity index (χ4n) is 1.71. The Morgan fingerprint density at radius 3 is 2.61 bits per heavy atom. The lowest BCUT2D eigenvalue weighted by Gasteiger charge is -2.05. The zero-order valence-corrected chi connectivity index (χ0v) is 10.3. The summed E-state index contributed by atoms with van der Waals surface area (Å²) in [5, 5.41) is 8.67. The standard InChI is InChI=1S/C15H14N2O/c1-2-18-14-8-6-12(7-9-14)15-5-3-4-13(17-15)10-11-16/h3-9H,2,10H2,1H3. The average molecular weight is 238 g/mol. The number of hydrogen-bond donors (Lipinski definition) is 0. The SMILES string of the molecule is CCOc1ccc(-c2cccc(CC#N)n2)cc1. The third-order valence-corrected chi connectivity index (χ3v) is 2.53. The smallest absolute Gasteiger partial charge is 0.119 e. The normalized spacial score (nSPS) is 9.78. The average Bonchev–Trinajstić information content (AvgIpc) is 2.41. The molecule has 3 heteroatoms. The Hall–Kier alpha value is -2.34. The van der Waals surface area contributed by atoms with E-state index in [-0.39, 0.29) is 0 Å². The van der Waals surface area contributed by atoms with Crippen LogP contribution < -0.4 is 4.74 Å². The highest BCUT2D eigenvalue weighted by molar-refractivity contribution is 5.60. The van der Waals surface area contributed by atoms with Gasteiger partial charge in [-0.05, 0) is 43.3 Å². The summed E-state index contributed by atoms with van der Waals surface area (Å²) in [6.07, 6.45) is 0.338. The molecule has 1 aromatic heterocycles. The van der Waals surface area contributed by atoms with Crippen LogP contribution in [0, 0.1) is 11.3 Å². The lowest BCUT2D eigenvalue weighted by Crippen LogP contribution is -1.92. The van der Waals surface area contributed by atoms with E-state index in [1.807, 2.05) is 49.4 Å². The Balaban J connectivity index is 2.25. The summed E-state index contributed by atoms with van der Waals surface area (Å²) in [6.45, 7) is 2.62. The van der Waals surface area contributed by atoms with Gasteiger partial charge in [-0.15, -0.1) is 0 Å². The summed E-state index contributed by atoms with van der Waals surface area (Å²) in [5.41, 5.74) is 2.70. The number of pyridine rings is 1. The zero-order valence-electron chi connectivity index (χ0n) is 10.3. The van der Waals surface area contributed by atoms with Crippen molar-refractivity contribution in [3.8, 4) is 23.1 Å². The van der Waals surface area contributed by atoms with Crippen LogP contribution in [-0.4, -0.2) is 11.6 Å². The molecular formula is C15H14N2O. The molecule has 0 unspecified atom stereocenters. The molecule has 2 aromatic rings. The van der Waals surface area contributed by atoms with Crippen LogP contribution in [0.4, 0.5) is 0 Å². The van der Waals surface area contributed by atoms with E-state index in [9.17, 15) is 0 Å². The molecule has 0 spiro atoms. The summed E-state index contributed by atoms with van der Waals surface area (Å²) < 4.78 is 5.40. The minimum absolute atomic E-state index is 0.338. The van der Waals surface area contributed by atoms with Crippen molar-refractivity contribution in [2.45, 2.75) is 13.3 Å². The van der Waals surface area contributed by atoms with Crippen molar-refractivity contribution >= 4 is 0 Å². The van der Waals surface area contributed by atoms with Gasteiger partial charge in [-0.1, -0.05) is 6.07 Å². The van der Waals surface area contributed by atoms with Crippen LogP contribution in [0.3, 0.4) is 0 Å². The van der Waals surface area contributed by atoms with Crippen molar-refractivity contribution < 1.29 is 4.74 Å². The van der Waals surface area contributed by atoms with Crippen LogP contribution >= 0.6 is 0 Å². The number of aromatic nitrogens is 1. The van der Waals surface area contributed by atoms with Crippen molar-refractivity contribution in [1.82, 2.24) is 4.98 Å². The molecule has 0 aliphatic carbocycles. The number of nitrogens with zero attached hydrogens (tertiary/aromatic N) is 2. The molecule has 0 atom stereocenters. The van der Waals surface area contributed by atoms with Gasteiger partial charge in [-0.25, -0.2) is 0 Å². The molecule has 3 nitrogen and oxygen atoms in total. The topological polar surface area (TPSA) is 45.9 Å². The number of hydrogen-bond acceptors (Lipinski definition) is 3. The quantitative estimate of drug-likeness (QED) is 0.821. The maximum Gasteiger partial charge on any atom is 0.119 e. The number of ether oxygens (including phenoxy) is 1. The highest BCUT2D eigenvalue weighted by Crippen LogP contribution is 2.21. The van der Waals surface area contributed by atoms with Crippen LogP contribution in [0.2, 0.25) is 0 Å². The van der Waals surface area contributed by atoms with Gasteiger partial charge in [-0.2, -0.15) is 5.26 Å². The van der Waals surface area contributed by atoms with Crippen LogP contribution in [0.1, 0.15) is 12.6 Å². The van der Waals surface area contributed by atoms with Gasteiger partial charge in [0.05, 0.1) is 30.5 Å². The van der Waals surface area contributed by atoms with Crippen LogP contribution in [0.5, 0.6) is 5.75 Å². The van der Waals surface area contributed by atoms with E-state index < -0.39 is 0 Å². The summed E-state index contributed by atoms with van der Waals surface area (Å²) in [5.74, 6) is 0.856. The number of nitriles is 1. The van der Waals surface area contributed by atoms with Gasteiger partial charge >= 0.3 is 0 Å². The minimum atomic E-state index is 0.338. The van der Waals surface area contributed by atoms with Crippen molar-refractivity contribution in [3.63, 3.8) is 0 Å². The Kier molecular flexibility index (Phi) is 3.93. The number of benzene rings is 1. The summed E-state index contributed by atoms with van der Waals surface area (Å²) in [7, 11) is 0. The van der Waals surface area contributed by atoms with Gasteiger partial charge in [0.25, 0.3) is 0 Å². The number of rotatable bonds is 4. The zero-order chi connectivity index (χ0) is 12.8. The molecule has 0 aliphatic heterocycles. The first-order chi connectivity index (χ1) is 8.83. The summed E-state index contributed by atoms with van der Waals surface area (Å²) in [4.78, 5) is 4.45. The second-order valence-electron chi connectivity index (χ2n) is 3.81. The lowest BCUT2D eigenvalue weighted by atomic mass is 10.1. The highest BCUT2D eigenvalue weighted by atomic mass is 16.5. The third-order valence-electron chi connectivity index (χ3n) is 2.53. The molecule has 1 aromatic carbocycles. The van der Waals surface area contributed by atoms with E-state index in [1.54, 1.807) is 0 Å². The molecule has 0 radical (unpaired) electrons. The monoisotopic (exact) mass is 238 g/mol. The van der Waals surface area contributed by atoms with Gasteiger partial charge in [0.1, 0.15) is 5.75 Å². The largest absolute Gasteiger partial charge is 0.494 e. The Morgan fingerprint density at radius 2 is 1.94 bits per heavy atom. The fraction of sp³-hybridized carbons (Fsp3) is 0.200. The molecule has 0 saturated carbocycles. The van der Waals surface area contributed by atoms with Crippen LogP contribution in [-0.2, 0) is 6.42 Å². The lowest BCUT2D eigenvalue weighted by molar-refractivity contribution is 0.340. The van der Waals surface area contributed by atoms with Crippen molar-refractivity contribution in [2.75, 3.05) is 6.61 Å². The highest BCUT2D eigenvalue weighted by Gasteiger charge is 2.01. The molecule has 0 fully saturated rings. The first-order valence-electron chi connectivity index (χ1n) is 5.89. The molecule has 0 saturated heterocycles. The molecule has 90 valence electrons. The first kappa shape index (κ1) is 12.1. The second kappa shape index (κ2) is 5.83. The van der Waals surface area contributed by atoms with E-state index in [0.717, 1.165) is 22.7 Å². The van der Waals surface area contributed by atoms with Crippen molar-refractivity contribution in [1.29, 1.82) is 5.26 Å².